The molecule has 0 saturated carbocycles. The first-order valence-electron chi connectivity index (χ1n) is 4.34. The maximum atomic E-state index is 11.4. The highest BCUT2D eigenvalue weighted by atomic mass is 79.9. The Morgan fingerprint density at radius 3 is 2.71 bits per heavy atom. The Kier molecular flexibility index (Phi) is 4.79. The summed E-state index contributed by atoms with van der Waals surface area (Å²) in [6.45, 7) is 0. The molecule has 0 saturated heterocycles. The molecule has 0 heterocycles. The third kappa shape index (κ3) is 3.86. The van der Waals surface area contributed by atoms with Gasteiger partial charge in [0.15, 0.2) is 0 Å². The Labute approximate surface area is 112 Å². The second-order valence-corrected chi connectivity index (χ2v) is 6.47. The molecule has 0 aliphatic rings. The van der Waals surface area contributed by atoms with Crippen LogP contribution in [0.2, 0.25) is 5.02 Å². The number of anilines is 1. The smallest absolute Gasteiger partial charge is 0.340 e. The maximum Gasteiger partial charge on any atom is 0.340 e. The van der Waals surface area contributed by atoms with Crippen molar-refractivity contribution in [2.45, 2.75) is 0 Å². The van der Waals surface area contributed by atoms with Crippen molar-refractivity contribution in [2.24, 2.45) is 0 Å². The number of alkyl halides is 1. The molecule has 0 atom stereocenters. The fraction of sp³-hybridized carbons (Fsp3) is 0.222. The van der Waals surface area contributed by atoms with Crippen molar-refractivity contribution in [3.05, 3.63) is 28.8 Å². The van der Waals surface area contributed by atoms with Crippen LogP contribution in [0.1, 0.15) is 10.4 Å². The van der Waals surface area contributed by atoms with Crippen LogP contribution in [0.3, 0.4) is 0 Å². The van der Waals surface area contributed by atoms with E-state index in [0.29, 0.717) is 5.02 Å². The molecule has 0 aromatic heterocycles. The Morgan fingerprint density at radius 1 is 1.53 bits per heavy atom. The summed E-state index contributed by atoms with van der Waals surface area (Å²) in [6, 6.07) is 4.20. The normalized spacial score (nSPS) is 11.0. The molecule has 0 radical (unpaired) electrons. The van der Waals surface area contributed by atoms with E-state index >= 15 is 0 Å². The number of ether oxygens (including phenoxy) is 1. The van der Waals surface area contributed by atoms with Crippen LogP contribution >= 0.6 is 27.5 Å². The number of carbonyl (C=O) groups is 1. The summed E-state index contributed by atoms with van der Waals surface area (Å²) in [5, 5.41) is 0.312. The quantitative estimate of drug-likeness (QED) is 0.672. The molecule has 0 aliphatic carbocycles. The molecule has 0 bridgehead atoms. The van der Waals surface area contributed by atoms with Gasteiger partial charge >= 0.3 is 5.97 Å². The van der Waals surface area contributed by atoms with E-state index in [0.717, 1.165) is 0 Å². The number of esters is 1. The number of carbonyl (C=O) groups excluding carboxylic acids is 1. The molecular formula is C9H9BrClNO4S. The van der Waals surface area contributed by atoms with E-state index in [4.69, 9.17) is 11.6 Å². The minimum Gasteiger partial charge on any atom is -0.465 e. The second-order valence-electron chi connectivity index (χ2n) is 3.01. The summed E-state index contributed by atoms with van der Waals surface area (Å²) in [5.74, 6) is -0.667. The van der Waals surface area contributed by atoms with E-state index in [-0.39, 0.29) is 15.9 Å². The Hall–Kier alpha value is -0.790. The van der Waals surface area contributed by atoms with Gasteiger partial charge < -0.3 is 4.74 Å². The number of methoxy groups -OCH3 is 1. The van der Waals surface area contributed by atoms with E-state index in [1.807, 2.05) is 0 Å². The molecule has 0 amide bonds. The van der Waals surface area contributed by atoms with Crippen molar-refractivity contribution in [1.82, 2.24) is 0 Å². The lowest BCUT2D eigenvalue weighted by atomic mass is 10.2. The van der Waals surface area contributed by atoms with Gasteiger partial charge in [0.2, 0.25) is 10.0 Å². The molecule has 5 nitrogen and oxygen atoms in total. The Bertz CT molecular complexity index is 532. The predicted molar refractivity (Wildman–Crippen MR) is 69.1 cm³/mol. The molecule has 0 spiro atoms. The van der Waals surface area contributed by atoms with Gasteiger partial charge in [-0.15, -0.1) is 0 Å². The van der Waals surface area contributed by atoms with E-state index < -0.39 is 16.0 Å². The van der Waals surface area contributed by atoms with Gasteiger partial charge in [-0.3, -0.25) is 4.72 Å². The number of sulfonamides is 1. The number of benzene rings is 1. The SMILES string of the molecule is COC(=O)c1cc(Cl)ccc1NS(=O)(=O)CBr. The standard InChI is InChI=1S/C9H9BrClNO4S/c1-16-9(13)7-4-6(11)2-3-8(7)12-17(14,15)5-10/h2-4,12H,5H2,1H3. The van der Waals surface area contributed by atoms with Crippen LogP contribution in [0.5, 0.6) is 0 Å². The van der Waals surface area contributed by atoms with E-state index in [1.165, 1.54) is 25.3 Å². The van der Waals surface area contributed by atoms with Crippen LogP contribution in [-0.4, -0.2) is 26.2 Å². The van der Waals surface area contributed by atoms with Crippen LogP contribution in [0.4, 0.5) is 5.69 Å². The van der Waals surface area contributed by atoms with E-state index in [1.54, 1.807) is 0 Å². The maximum absolute atomic E-state index is 11.4. The summed E-state index contributed by atoms with van der Waals surface area (Å²) < 4.78 is 29.3. The number of nitrogens with one attached hydrogen (secondary N) is 1. The molecule has 1 aromatic carbocycles. The van der Waals surface area contributed by atoms with Gasteiger partial charge in [-0.05, 0) is 18.2 Å². The first-order valence-corrected chi connectivity index (χ1v) is 7.49. The summed E-state index contributed by atoms with van der Waals surface area (Å²) >= 11 is 8.56. The molecule has 0 fully saturated rings. The lowest BCUT2D eigenvalue weighted by molar-refractivity contribution is 0.0602. The monoisotopic (exact) mass is 341 g/mol. The summed E-state index contributed by atoms with van der Waals surface area (Å²) in [7, 11) is -2.33. The van der Waals surface area contributed by atoms with Gasteiger partial charge in [0.1, 0.15) is 4.66 Å². The first kappa shape index (κ1) is 14.3. The van der Waals surface area contributed by atoms with Crippen molar-refractivity contribution in [3.8, 4) is 0 Å². The number of hydrogen-bond donors (Lipinski definition) is 1. The minimum atomic E-state index is -3.53. The van der Waals surface area contributed by atoms with Crippen LogP contribution in [0, 0.1) is 0 Å². The first-order chi connectivity index (χ1) is 7.89. The zero-order valence-corrected chi connectivity index (χ0v) is 11.9. The van der Waals surface area contributed by atoms with Gasteiger partial charge in [0.05, 0.1) is 18.4 Å². The van der Waals surface area contributed by atoms with E-state index in [2.05, 4.69) is 25.4 Å². The Morgan fingerprint density at radius 2 is 2.18 bits per heavy atom. The fourth-order valence-corrected chi connectivity index (χ4v) is 2.16. The molecule has 8 heteroatoms. The molecule has 0 aliphatic heterocycles. The molecule has 17 heavy (non-hydrogen) atoms. The van der Waals surface area contributed by atoms with Crippen LogP contribution in [-0.2, 0) is 14.8 Å². The molecular weight excluding hydrogens is 334 g/mol. The third-order valence-corrected chi connectivity index (χ3v) is 4.66. The minimum absolute atomic E-state index is 0.0597. The lowest BCUT2D eigenvalue weighted by Crippen LogP contribution is -2.16. The summed E-state index contributed by atoms with van der Waals surface area (Å²) in [6.07, 6.45) is 0. The van der Waals surface area contributed by atoms with Gasteiger partial charge in [-0.1, -0.05) is 27.5 Å². The summed E-state index contributed by atoms with van der Waals surface area (Å²) in [4.78, 5) is 11.4. The molecule has 1 aromatic rings. The third-order valence-electron chi connectivity index (χ3n) is 1.80. The number of halogens is 2. The van der Waals surface area contributed by atoms with Gasteiger partial charge in [0.25, 0.3) is 0 Å². The highest BCUT2D eigenvalue weighted by Gasteiger charge is 2.16. The molecule has 0 unspecified atom stereocenters. The average Bonchev–Trinajstić information content (AvgIpc) is 2.30. The molecule has 94 valence electrons. The lowest BCUT2D eigenvalue weighted by Gasteiger charge is -2.10. The number of rotatable bonds is 4. The fourth-order valence-electron chi connectivity index (χ4n) is 1.08. The van der Waals surface area contributed by atoms with Gasteiger partial charge in [0, 0.05) is 5.02 Å². The topological polar surface area (TPSA) is 72.5 Å². The van der Waals surface area contributed by atoms with Crippen LogP contribution in [0.25, 0.3) is 0 Å². The van der Waals surface area contributed by atoms with Gasteiger partial charge in [-0.25, -0.2) is 13.2 Å². The second kappa shape index (κ2) is 5.70. The zero-order chi connectivity index (χ0) is 13.1. The van der Waals surface area contributed by atoms with Crippen molar-refractivity contribution in [1.29, 1.82) is 0 Å². The predicted octanol–water partition coefficient (Wildman–Crippen LogP) is 2.22. The van der Waals surface area contributed by atoms with Crippen molar-refractivity contribution < 1.29 is 17.9 Å². The van der Waals surface area contributed by atoms with Crippen molar-refractivity contribution in [2.75, 3.05) is 16.5 Å². The van der Waals surface area contributed by atoms with E-state index in [9.17, 15) is 13.2 Å². The highest BCUT2D eigenvalue weighted by molar-refractivity contribution is 9.10. The Balaban J connectivity index is 3.20. The number of hydrogen-bond acceptors (Lipinski definition) is 4. The zero-order valence-electron chi connectivity index (χ0n) is 8.74. The van der Waals surface area contributed by atoms with Gasteiger partial charge in [-0.2, -0.15) is 0 Å². The van der Waals surface area contributed by atoms with Crippen molar-refractivity contribution in [3.63, 3.8) is 0 Å². The van der Waals surface area contributed by atoms with Crippen LogP contribution in [0.15, 0.2) is 18.2 Å². The average molecular weight is 343 g/mol. The van der Waals surface area contributed by atoms with Crippen LogP contribution < -0.4 is 4.72 Å². The summed E-state index contributed by atoms with van der Waals surface area (Å²) in [5.41, 5.74) is 0.185. The largest absolute Gasteiger partial charge is 0.465 e. The van der Waals surface area contributed by atoms with Crippen molar-refractivity contribution >= 4 is 49.2 Å². The highest BCUT2D eigenvalue weighted by Crippen LogP contribution is 2.22. The molecule has 1 N–H and O–H groups in total. The molecule has 1 rings (SSSR count).